The molecule has 2 amide bonds. The number of alkyl halides is 6. The minimum absolute atomic E-state index is 0.0236. The van der Waals surface area contributed by atoms with E-state index in [2.05, 4.69) is 10.3 Å². The fourth-order valence-corrected chi connectivity index (χ4v) is 5.23. The second-order valence-corrected chi connectivity index (χ2v) is 10.8. The van der Waals surface area contributed by atoms with Crippen molar-refractivity contribution in [2.75, 3.05) is 6.54 Å². The van der Waals surface area contributed by atoms with Crippen molar-refractivity contribution in [2.24, 2.45) is 0 Å². The molecule has 0 spiro atoms. The molecule has 0 aliphatic carbocycles. The molecule has 0 radical (unpaired) electrons. The number of thioether (sulfide) groups is 1. The van der Waals surface area contributed by atoms with Gasteiger partial charge >= 0.3 is 18.3 Å². The second-order valence-electron chi connectivity index (χ2n) is 9.11. The highest BCUT2D eigenvalue weighted by Gasteiger charge is 2.37. The van der Waals surface area contributed by atoms with Crippen LogP contribution in [-0.2, 0) is 28.5 Å². The number of halogens is 6. The number of pyridine rings is 1. The molecule has 1 fully saturated rings. The number of carbonyl (C=O) groups is 3. The Morgan fingerprint density at radius 1 is 0.977 bits per heavy atom. The Hall–Kier alpha value is -4.24. The van der Waals surface area contributed by atoms with Gasteiger partial charge in [0.15, 0.2) is 0 Å². The maximum Gasteiger partial charge on any atom is 0.416 e. The van der Waals surface area contributed by atoms with Crippen LogP contribution in [0.25, 0.3) is 17.3 Å². The summed E-state index contributed by atoms with van der Waals surface area (Å²) in [5.74, 6) is -2.08. The van der Waals surface area contributed by atoms with Gasteiger partial charge in [-0.25, -0.2) is 9.78 Å². The lowest BCUT2D eigenvalue weighted by molar-refractivity contribution is -0.143. The number of carbonyl (C=O) groups excluding carboxylic acids is 2. The Bertz CT molecular complexity index is 1610. The zero-order valence-corrected chi connectivity index (χ0v) is 23.3. The van der Waals surface area contributed by atoms with Crippen molar-refractivity contribution in [1.29, 1.82) is 0 Å². The quantitative estimate of drug-likeness (QED) is 0.167. The molecular weight excluding hydrogens is 620 g/mol. The molecule has 2 aromatic carbocycles. The number of nitrogens with zero attached hydrogens (tertiary/aromatic N) is 2. The molecule has 0 saturated carbocycles. The molecule has 1 aliphatic heterocycles. The van der Waals surface area contributed by atoms with E-state index in [1.807, 2.05) is 0 Å². The maximum atomic E-state index is 13.3. The van der Waals surface area contributed by atoms with Gasteiger partial charge in [-0.15, -0.1) is 0 Å². The van der Waals surface area contributed by atoms with Crippen molar-refractivity contribution >= 4 is 52.2 Å². The Labute approximate surface area is 249 Å². The maximum absolute atomic E-state index is 13.3. The SMILES string of the molecule is O=C(CCN1C(=O)/C(=C/c2cccc(-c3cc(C(F)(F)F)cc(C(F)(F)F)c3)n2)SC1=S)NCc1cccc(C(=O)O)c1. The number of benzene rings is 2. The lowest BCUT2D eigenvalue weighted by atomic mass is 10.0. The second kappa shape index (κ2) is 12.6. The fourth-order valence-electron chi connectivity index (χ4n) is 3.94. The summed E-state index contributed by atoms with van der Waals surface area (Å²) in [6, 6.07) is 11.2. The average Bonchev–Trinajstić information content (AvgIpc) is 3.21. The predicted octanol–water partition coefficient (Wildman–Crippen LogP) is 6.39. The summed E-state index contributed by atoms with van der Waals surface area (Å²) in [5.41, 5.74) is -2.83. The van der Waals surface area contributed by atoms with Gasteiger partial charge in [0.1, 0.15) is 4.32 Å². The Kier molecular flexibility index (Phi) is 9.25. The number of hydrogen-bond donors (Lipinski definition) is 2. The molecule has 4 rings (SSSR count). The van der Waals surface area contributed by atoms with Gasteiger partial charge in [-0.3, -0.25) is 14.5 Å². The van der Waals surface area contributed by atoms with E-state index >= 15 is 0 Å². The molecular formula is C28H19F6N3O4S2. The van der Waals surface area contributed by atoms with Gasteiger partial charge in [0, 0.05) is 25.1 Å². The smallest absolute Gasteiger partial charge is 0.416 e. The van der Waals surface area contributed by atoms with Crippen LogP contribution in [0.5, 0.6) is 0 Å². The monoisotopic (exact) mass is 639 g/mol. The van der Waals surface area contributed by atoms with Gasteiger partial charge in [0.05, 0.1) is 33.0 Å². The highest BCUT2D eigenvalue weighted by atomic mass is 32.2. The van der Waals surface area contributed by atoms with Gasteiger partial charge in [-0.1, -0.05) is 42.2 Å². The van der Waals surface area contributed by atoms with Gasteiger partial charge < -0.3 is 10.4 Å². The zero-order chi connectivity index (χ0) is 31.5. The highest BCUT2D eigenvalue weighted by Crippen LogP contribution is 2.38. The molecule has 3 aromatic rings. The van der Waals surface area contributed by atoms with Crippen molar-refractivity contribution in [3.8, 4) is 11.3 Å². The van der Waals surface area contributed by atoms with E-state index in [1.54, 1.807) is 12.1 Å². The number of carboxylic acids is 1. The summed E-state index contributed by atoms with van der Waals surface area (Å²) >= 11 is 6.15. The van der Waals surface area contributed by atoms with Gasteiger partial charge in [0.2, 0.25) is 5.91 Å². The van der Waals surface area contributed by atoms with Crippen molar-refractivity contribution in [2.45, 2.75) is 25.3 Å². The van der Waals surface area contributed by atoms with Crippen LogP contribution in [0.3, 0.4) is 0 Å². The first-order valence-electron chi connectivity index (χ1n) is 12.2. The molecule has 1 aliphatic rings. The third-order valence-corrected chi connectivity index (χ3v) is 7.41. The van der Waals surface area contributed by atoms with Crippen molar-refractivity contribution in [3.05, 3.63) is 93.5 Å². The summed E-state index contributed by atoms with van der Waals surface area (Å²) in [6.45, 7) is -0.00245. The van der Waals surface area contributed by atoms with Crippen LogP contribution in [0.1, 0.15) is 39.2 Å². The molecule has 15 heteroatoms. The molecule has 7 nitrogen and oxygen atoms in total. The van der Waals surface area contributed by atoms with Crippen LogP contribution in [0.2, 0.25) is 0 Å². The zero-order valence-electron chi connectivity index (χ0n) is 21.6. The summed E-state index contributed by atoms with van der Waals surface area (Å²) in [7, 11) is 0. The minimum atomic E-state index is -5.02. The number of nitrogens with one attached hydrogen (secondary N) is 1. The lowest BCUT2D eigenvalue weighted by Gasteiger charge is -2.14. The molecule has 0 unspecified atom stereocenters. The van der Waals surface area contributed by atoms with Crippen molar-refractivity contribution in [1.82, 2.24) is 15.2 Å². The van der Waals surface area contributed by atoms with Crippen LogP contribution in [0.4, 0.5) is 26.3 Å². The summed E-state index contributed by atoms with van der Waals surface area (Å²) in [6.07, 6.45) is -8.87. The van der Waals surface area contributed by atoms with E-state index in [9.17, 15) is 40.7 Å². The lowest BCUT2D eigenvalue weighted by Crippen LogP contribution is -2.33. The van der Waals surface area contributed by atoms with Crippen LogP contribution in [-0.4, -0.2) is 43.6 Å². The van der Waals surface area contributed by atoms with Crippen LogP contribution >= 0.6 is 24.0 Å². The molecule has 1 saturated heterocycles. The number of amides is 2. The third-order valence-electron chi connectivity index (χ3n) is 6.03. The van der Waals surface area contributed by atoms with E-state index < -0.39 is 46.8 Å². The summed E-state index contributed by atoms with van der Waals surface area (Å²) in [4.78, 5) is 41.8. The molecule has 224 valence electrons. The van der Waals surface area contributed by atoms with Crippen LogP contribution < -0.4 is 5.32 Å². The number of rotatable bonds is 8. The predicted molar refractivity (Wildman–Crippen MR) is 149 cm³/mol. The fraction of sp³-hybridized carbons (Fsp3) is 0.179. The minimum Gasteiger partial charge on any atom is -0.478 e. The molecule has 2 N–H and O–H groups in total. The number of aromatic nitrogens is 1. The molecule has 43 heavy (non-hydrogen) atoms. The first kappa shape index (κ1) is 31.7. The average molecular weight is 640 g/mol. The molecule has 0 bridgehead atoms. The summed E-state index contributed by atoms with van der Waals surface area (Å²) < 4.78 is 79.9. The largest absolute Gasteiger partial charge is 0.478 e. The summed E-state index contributed by atoms with van der Waals surface area (Å²) in [5, 5.41) is 11.7. The highest BCUT2D eigenvalue weighted by molar-refractivity contribution is 8.26. The molecule has 0 atom stereocenters. The van der Waals surface area contributed by atoms with Crippen LogP contribution in [0.15, 0.2) is 65.6 Å². The van der Waals surface area contributed by atoms with E-state index in [-0.39, 0.29) is 51.8 Å². The third kappa shape index (κ3) is 7.99. The molecule has 2 heterocycles. The van der Waals surface area contributed by atoms with Gasteiger partial charge in [-0.2, -0.15) is 26.3 Å². The first-order valence-corrected chi connectivity index (χ1v) is 13.5. The number of aromatic carboxylic acids is 1. The molecule has 1 aromatic heterocycles. The van der Waals surface area contributed by atoms with Crippen molar-refractivity contribution < 1.29 is 45.8 Å². The van der Waals surface area contributed by atoms with E-state index in [4.69, 9.17) is 17.3 Å². The number of hydrogen-bond acceptors (Lipinski definition) is 6. The Morgan fingerprint density at radius 2 is 1.63 bits per heavy atom. The van der Waals surface area contributed by atoms with E-state index in [0.29, 0.717) is 17.7 Å². The topological polar surface area (TPSA) is 99.6 Å². The van der Waals surface area contributed by atoms with Gasteiger partial charge in [-0.05, 0) is 54.1 Å². The number of thiocarbonyl (C=S) groups is 1. The number of carboxylic acid groups (broad SMARTS) is 1. The standard InChI is InChI=1S/C28H19F6N3O4S2/c29-27(30,31)18-10-17(11-19(12-18)28(32,33)34)21-6-2-5-20(36-21)13-22-24(39)37(26(42)43-22)8-7-23(38)35-14-15-3-1-4-16(9-15)25(40)41/h1-6,9-13H,7-8,14H2,(H,35,38)(H,40,41)/b22-13-. The van der Waals surface area contributed by atoms with Gasteiger partial charge in [0.25, 0.3) is 5.91 Å². The normalized spacial score (nSPS) is 14.8. The first-order chi connectivity index (χ1) is 20.1. The van der Waals surface area contributed by atoms with E-state index in [1.165, 1.54) is 41.3 Å². The van der Waals surface area contributed by atoms with Crippen molar-refractivity contribution in [3.63, 3.8) is 0 Å². The van der Waals surface area contributed by atoms with Crippen LogP contribution in [0, 0.1) is 0 Å². The Morgan fingerprint density at radius 3 is 2.26 bits per heavy atom. The van der Waals surface area contributed by atoms with E-state index in [0.717, 1.165) is 11.8 Å². The Balaban J connectivity index is 1.45.